The molecular weight excluding hydrogens is 374 g/mol. The number of carbonyl (C=O) groups excluding carboxylic acids is 2. The minimum Gasteiger partial charge on any atom is -0.346 e. The maximum absolute atomic E-state index is 12.1. The van der Waals surface area contributed by atoms with E-state index in [4.69, 9.17) is 5.73 Å². The van der Waals surface area contributed by atoms with E-state index in [9.17, 15) is 9.59 Å². The van der Waals surface area contributed by atoms with Crippen molar-refractivity contribution in [1.29, 1.82) is 0 Å². The molecule has 4 N–H and O–H groups in total. The Labute approximate surface area is 163 Å². The Morgan fingerprint density at radius 1 is 1.31 bits per heavy atom. The number of imidazole rings is 1. The molecule has 2 aromatic rings. The average Bonchev–Trinajstić information content (AvgIpc) is 2.98. The summed E-state index contributed by atoms with van der Waals surface area (Å²) >= 11 is 1.45. The lowest BCUT2D eigenvalue weighted by molar-refractivity contribution is -0.125. The van der Waals surface area contributed by atoms with Gasteiger partial charge >= 0.3 is 0 Å². The van der Waals surface area contributed by atoms with Crippen LogP contribution < -0.4 is 16.4 Å². The number of anilines is 1. The molecule has 0 aliphatic rings. The maximum atomic E-state index is 12.1. The van der Waals surface area contributed by atoms with Crippen molar-refractivity contribution in [3.63, 3.8) is 0 Å². The lowest BCUT2D eigenvalue weighted by atomic mass is 10.1. The van der Waals surface area contributed by atoms with Gasteiger partial charge in [0, 0.05) is 24.3 Å². The van der Waals surface area contributed by atoms with Gasteiger partial charge in [0.15, 0.2) is 5.16 Å². The van der Waals surface area contributed by atoms with E-state index in [1.165, 1.54) is 11.8 Å². The van der Waals surface area contributed by atoms with E-state index in [1.807, 2.05) is 55.9 Å². The summed E-state index contributed by atoms with van der Waals surface area (Å²) in [5.74, 6) is -0.629. The number of nitrogens with two attached hydrogens (primary N) is 1. The highest BCUT2D eigenvalue weighted by Gasteiger charge is 2.18. The van der Waals surface area contributed by atoms with Gasteiger partial charge in [0.05, 0.1) is 18.3 Å². The fourth-order valence-electron chi connectivity index (χ4n) is 1.99. The highest BCUT2D eigenvalue weighted by molar-refractivity contribution is 7.99. The van der Waals surface area contributed by atoms with Crippen LogP contribution in [0.15, 0.2) is 46.7 Å². The monoisotopic (exact) mass is 397 g/mol. The molecule has 2 amide bonds. The van der Waals surface area contributed by atoms with Crippen LogP contribution in [-0.4, -0.2) is 34.0 Å². The molecule has 0 radical (unpaired) electrons. The van der Waals surface area contributed by atoms with Crippen LogP contribution >= 0.6 is 24.2 Å². The predicted octanol–water partition coefficient (Wildman–Crippen LogP) is 2.03. The zero-order chi connectivity index (χ0) is 18.4. The lowest BCUT2D eigenvalue weighted by Crippen LogP contribution is -2.46. The molecule has 0 unspecified atom stereocenters. The molecular formula is C17H24ClN5O2S. The third-order valence-electron chi connectivity index (χ3n) is 3.58. The van der Waals surface area contributed by atoms with Gasteiger partial charge in [-0.05, 0) is 29.8 Å². The molecule has 9 heteroatoms. The number of carbonyl (C=O) groups is 2. The van der Waals surface area contributed by atoms with Gasteiger partial charge in [0.1, 0.15) is 0 Å². The molecule has 26 heavy (non-hydrogen) atoms. The Morgan fingerprint density at radius 2 is 2.00 bits per heavy atom. The smallest absolute Gasteiger partial charge is 0.243 e. The fourth-order valence-corrected chi connectivity index (χ4v) is 2.88. The zero-order valence-electron chi connectivity index (χ0n) is 14.9. The molecule has 0 saturated heterocycles. The summed E-state index contributed by atoms with van der Waals surface area (Å²) in [5.41, 5.74) is 6.43. The highest BCUT2D eigenvalue weighted by atomic mass is 35.5. The molecule has 0 aliphatic carbocycles. The van der Waals surface area contributed by atoms with Crippen LogP contribution in [0.3, 0.4) is 0 Å². The van der Waals surface area contributed by atoms with E-state index in [2.05, 4.69) is 15.6 Å². The summed E-state index contributed by atoms with van der Waals surface area (Å²) in [6.45, 7) is 3.59. The van der Waals surface area contributed by atoms with Crippen molar-refractivity contribution in [1.82, 2.24) is 14.9 Å². The SMILES string of the molecule is CC(C)[C@H](N)C(=O)NCC(=O)Nc1ccccc1Sc1nccn1C.Cl. The first-order chi connectivity index (χ1) is 11.9. The Morgan fingerprint density at radius 3 is 2.62 bits per heavy atom. The molecule has 1 atom stereocenters. The summed E-state index contributed by atoms with van der Waals surface area (Å²) in [7, 11) is 1.91. The van der Waals surface area contributed by atoms with Gasteiger partial charge in [0.25, 0.3) is 0 Å². The fraction of sp³-hybridized carbons (Fsp3) is 0.353. The molecule has 0 fully saturated rings. The normalized spacial score (nSPS) is 11.6. The molecule has 1 aromatic carbocycles. The molecule has 0 spiro atoms. The molecule has 142 valence electrons. The number of aryl methyl sites for hydroxylation is 1. The van der Waals surface area contributed by atoms with Crippen LogP contribution in [0.4, 0.5) is 5.69 Å². The van der Waals surface area contributed by atoms with Gasteiger partial charge in [-0.1, -0.05) is 26.0 Å². The highest BCUT2D eigenvalue weighted by Crippen LogP contribution is 2.31. The van der Waals surface area contributed by atoms with Crippen molar-refractivity contribution in [3.05, 3.63) is 36.7 Å². The van der Waals surface area contributed by atoms with Crippen molar-refractivity contribution in [3.8, 4) is 0 Å². The van der Waals surface area contributed by atoms with Crippen LogP contribution in [0, 0.1) is 5.92 Å². The number of hydrogen-bond acceptors (Lipinski definition) is 5. The molecule has 7 nitrogen and oxygen atoms in total. The van der Waals surface area contributed by atoms with E-state index < -0.39 is 6.04 Å². The van der Waals surface area contributed by atoms with Gasteiger partial charge in [-0.15, -0.1) is 12.4 Å². The van der Waals surface area contributed by atoms with E-state index >= 15 is 0 Å². The number of aromatic nitrogens is 2. The Balaban J connectivity index is 0.00000338. The number of nitrogens with one attached hydrogen (secondary N) is 2. The summed E-state index contributed by atoms with van der Waals surface area (Å²) in [4.78, 5) is 29.1. The number of amides is 2. The average molecular weight is 398 g/mol. The van der Waals surface area contributed by atoms with Crippen LogP contribution in [-0.2, 0) is 16.6 Å². The second-order valence-corrected chi connectivity index (χ2v) is 6.96. The number of para-hydroxylation sites is 1. The minimum atomic E-state index is -0.626. The molecule has 1 heterocycles. The zero-order valence-corrected chi connectivity index (χ0v) is 16.6. The van der Waals surface area contributed by atoms with E-state index in [0.29, 0.717) is 5.69 Å². The molecule has 0 bridgehead atoms. The van der Waals surface area contributed by atoms with Crippen LogP contribution in [0.1, 0.15) is 13.8 Å². The summed E-state index contributed by atoms with van der Waals surface area (Å²) in [6, 6.07) is 6.82. The van der Waals surface area contributed by atoms with Crippen molar-refractivity contribution in [2.24, 2.45) is 18.7 Å². The van der Waals surface area contributed by atoms with Crippen molar-refractivity contribution < 1.29 is 9.59 Å². The van der Waals surface area contributed by atoms with Crippen LogP contribution in [0.2, 0.25) is 0 Å². The van der Waals surface area contributed by atoms with Gasteiger partial charge < -0.3 is 20.9 Å². The van der Waals surface area contributed by atoms with Crippen LogP contribution in [0.25, 0.3) is 0 Å². The third kappa shape index (κ3) is 6.05. The number of benzene rings is 1. The van der Waals surface area contributed by atoms with Gasteiger partial charge in [-0.2, -0.15) is 0 Å². The van der Waals surface area contributed by atoms with Gasteiger partial charge in [-0.25, -0.2) is 4.98 Å². The van der Waals surface area contributed by atoms with Gasteiger partial charge in [0.2, 0.25) is 11.8 Å². The Hall–Kier alpha value is -2.03. The predicted molar refractivity (Wildman–Crippen MR) is 105 cm³/mol. The second-order valence-electron chi connectivity index (χ2n) is 5.95. The molecule has 0 aliphatic heterocycles. The molecule has 0 saturated carbocycles. The minimum absolute atomic E-state index is 0. The first-order valence-electron chi connectivity index (χ1n) is 7.96. The van der Waals surface area contributed by atoms with Crippen molar-refractivity contribution >= 4 is 41.7 Å². The summed E-state index contributed by atoms with van der Waals surface area (Å²) in [5, 5.41) is 6.19. The summed E-state index contributed by atoms with van der Waals surface area (Å²) in [6.07, 6.45) is 3.58. The second kappa shape index (κ2) is 10.2. The Bertz CT molecular complexity index is 750. The third-order valence-corrected chi connectivity index (χ3v) is 4.74. The van der Waals surface area contributed by atoms with Crippen molar-refractivity contribution in [2.75, 3.05) is 11.9 Å². The topological polar surface area (TPSA) is 102 Å². The van der Waals surface area contributed by atoms with E-state index in [-0.39, 0.29) is 36.7 Å². The number of rotatable bonds is 7. The van der Waals surface area contributed by atoms with Crippen molar-refractivity contribution in [2.45, 2.75) is 29.9 Å². The standard InChI is InChI=1S/C17H23N5O2S.ClH/c1-11(2)15(18)16(24)20-10-14(23)21-12-6-4-5-7-13(12)25-17-19-8-9-22(17)3;/h4-9,11,15H,10,18H2,1-3H3,(H,20,24)(H,21,23);1H/t15-;/m0./s1. The first-order valence-corrected chi connectivity index (χ1v) is 8.77. The van der Waals surface area contributed by atoms with Gasteiger partial charge in [-0.3, -0.25) is 9.59 Å². The largest absolute Gasteiger partial charge is 0.346 e. The van der Waals surface area contributed by atoms with E-state index in [0.717, 1.165) is 10.1 Å². The maximum Gasteiger partial charge on any atom is 0.243 e. The number of nitrogens with zero attached hydrogens (tertiary/aromatic N) is 2. The lowest BCUT2D eigenvalue weighted by Gasteiger charge is -2.15. The molecule has 2 rings (SSSR count). The van der Waals surface area contributed by atoms with E-state index in [1.54, 1.807) is 6.20 Å². The summed E-state index contributed by atoms with van der Waals surface area (Å²) < 4.78 is 1.90. The molecule has 1 aromatic heterocycles. The quantitative estimate of drug-likeness (QED) is 0.663. The van der Waals surface area contributed by atoms with Crippen LogP contribution in [0.5, 0.6) is 0 Å². The Kier molecular flexibility index (Phi) is 8.64. The number of hydrogen-bond donors (Lipinski definition) is 3. The first kappa shape index (κ1) is 22.0. The number of halogens is 1.